The van der Waals surface area contributed by atoms with Gasteiger partial charge in [0.1, 0.15) is 0 Å². The third kappa shape index (κ3) is 3.58. The van der Waals surface area contributed by atoms with Crippen molar-refractivity contribution in [1.82, 2.24) is 9.88 Å². The van der Waals surface area contributed by atoms with Crippen molar-refractivity contribution in [3.63, 3.8) is 0 Å². The molecule has 1 unspecified atom stereocenters. The SMILES string of the molecule is Cc1nc(C(C)Nc2ccccc2CN(C)C)c(C)s1. The van der Waals surface area contributed by atoms with E-state index in [1.165, 1.54) is 16.1 Å². The highest BCUT2D eigenvalue weighted by Crippen LogP contribution is 2.27. The van der Waals surface area contributed by atoms with Crippen LogP contribution in [-0.2, 0) is 6.54 Å². The molecule has 0 saturated carbocycles. The van der Waals surface area contributed by atoms with Crippen molar-refractivity contribution in [2.45, 2.75) is 33.4 Å². The standard InChI is InChI=1S/C16H23N3S/c1-11(16-12(2)20-13(3)18-16)17-15-9-7-6-8-14(15)10-19(4)5/h6-9,11,17H,10H2,1-5H3. The topological polar surface area (TPSA) is 28.2 Å². The highest BCUT2D eigenvalue weighted by atomic mass is 32.1. The summed E-state index contributed by atoms with van der Waals surface area (Å²) in [5.74, 6) is 0. The molecule has 0 fully saturated rings. The minimum atomic E-state index is 0.225. The van der Waals surface area contributed by atoms with E-state index in [0.29, 0.717) is 0 Å². The molecule has 3 nitrogen and oxygen atoms in total. The molecular formula is C16H23N3S. The fourth-order valence-electron chi connectivity index (χ4n) is 2.39. The van der Waals surface area contributed by atoms with Crippen molar-refractivity contribution in [2.75, 3.05) is 19.4 Å². The number of nitrogens with one attached hydrogen (secondary N) is 1. The van der Waals surface area contributed by atoms with Crippen molar-refractivity contribution < 1.29 is 0 Å². The molecule has 1 heterocycles. The van der Waals surface area contributed by atoms with E-state index in [-0.39, 0.29) is 6.04 Å². The maximum atomic E-state index is 4.64. The molecule has 0 aliphatic rings. The summed E-state index contributed by atoms with van der Waals surface area (Å²) >= 11 is 1.76. The molecule has 2 rings (SSSR count). The van der Waals surface area contributed by atoms with Gasteiger partial charge in [-0.15, -0.1) is 11.3 Å². The summed E-state index contributed by atoms with van der Waals surface area (Å²) in [5, 5.41) is 4.74. The monoisotopic (exact) mass is 289 g/mol. The molecule has 0 amide bonds. The van der Waals surface area contributed by atoms with Gasteiger partial charge in [-0.2, -0.15) is 0 Å². The van der Waals surface area contributed by atoms with E-state index >= 15 is 0 Å². The summed E-state index contributed by atoms with van der Waals surface area (Å²) in [6.45, 7) is 7.32. The van der Waals surface area contributed by atoms with Crippen molar-refractivity contribution >= 4 is 17.0 Å². The van der Waals surface area contributed by atoms with Gasteiger partial charge in [0.15, 0.2) is 0 Å². The van der Waals surface area contributed by atoms with Crippen LogP contribution in [0.5, 0.6) is 0 Å². The van der Waals surface area contributed by atoms with E-state index in [1.807, 2.05) is 0 Å². The van der Waals surface area contributed by atoms with Gasteiger partial charge in [-0.05, 0) is 46.5 Å². The largest absolute Gasteiger partial charge is 0.377 e. The Balaban J connectivity index is 2.19. The van der Waals surface area contributed by atoms with Crippen LogP contribution in [0.25, 0.3) is 0 Å². The minimum absolute atomic E-state index is 0.225. The molecule has 0 aliphatic heterocycles. The van der Waals surface area contributed by atoms with Crippen molar-refractivity contribution in [3.05, 3.63) is 45.4 Å². The number of aryl methyl sites for hydroxylation is 2. The Bertz CT molecular complexity index is 575. The molecular weight excluding hydrogens is 266 g/mol. The fourth-order valence-corrected chi connectivity index (χ4v) is 3.30. The molecule has 0 spiro atoms. The van der Waals surface area contributed by atoms with Gasteiger partial charge in [0.2, 0.25) is 0 Å². The number of benzene rings is 1. The van der Waals surface area contributed by atoms with Crippen LogP contribution in [0.1, 0.15) is 34.1 Å². The Morgan fingerprint density at radius 1 is 1.25 bits per heavy atom. The van der Waals surface area contributed by atoms with E-state index in [1.54, 1.807) is 11.3 Å². The minimum Gasteiger partial charge on any atom is -0.377 e. The fraction of sp³-hybridized carbons (Fsp3) is 0.438. The van der Waals surface area contributed by atoms with Gasteiger partial charge in [0.05, 0.1) is 16.7 Å². The average molecular weight is 289 g/mol. The van der Waals surface area contributed by atoms with Crippen LogP contribution in [0.3, 0.4) is 0 Å². The highest BCUT2D eigenvalue weighted by molar-refractivity contribution is 7.11. The number of para-hydroxylation sites is 1. The van der Waals surface area contributed by atoms with Gasteiger partial charge in [-0.3, -0.25) is 0 Å². The lowest BCUT2D eigenvalue weighted by molar-refractivity contribution is 0.403. The second-order valence-corrected chi connectivity index (χ2v) is 6.84. The van der Waals surface area contributed by atoms with Crippen LogP contribution in [0.15, 0.2) is 24.3 Å². The number of aromatic nitrogens is 1. The Labute approximate surface area is 125 Å². The van der Waals surface area contributed by atoms with Crippen LogP contribution >= 0.6 is 11.3 Å². The van der Waals surface area contributed by atoms with Gasteiger partial charge in [0, 0.05) is 17.1 Å². The molecule has 0 saturated heterocycles. The molecule has 1 aromatic heterocycles. The third-order valence-electron chi connectivity index (χ3n) is 3.23. The molecule has 1 N–H and O–H groups in total. The summed E-state index contributed by atoms with van der Waals surface area (Å²) in [4.78, 5) is 8.13. The van der Waals surface area contributed by atoms with Gasteiger partial charge in [-0.1, -0.05) is 18.2 Å². The molecule has 20 heavy (non-hydrogen) atoms. The summed E-state index contributed by atoms with van der Waals surface area (Å²) in [6.07, 6.45) is 0. The summed E-state index contributed by atoms with van der Waals surface area (Å²) in [5.41, 5.74) is 3.67. The normalized spacial score (nSPS) is 12.7. The van der Waals surface area contributed by atoms with Crippen LogP contribution in [0.4, 0.5) is 5.69 Å². The Morgan fingerprint density at radius 3 is 2.55 bits per heavy atom. The van der Waals surface area contributed by atoms with E-state index in [9.17, 15) is 0 Å². The number of nitrogens with zero attached hydrogens (tertiary/aromatic N) is 2. The molecule has 0 radical (unpaired) electrons. The van der Waals surface area contributed by atoms with Gasteiger partial charge >= 0.3 is 0 Å². The van der Waals surface area contributed by atoms with Gasteiger partial charge < -0.3 is 10.2 Å². The highest BCUT2D eigenvalue weighted by Gasteiger charge is 2.14. The number of hydrogen-bond donors (Lipinski definition) is 1. The lowest BCUT2D eigenvalue weighted by Gasteiger charge is -2.19. The lowest BCUT2D eigenvalue weighted by atomic mass is 10.1. The molecule has 2 aromatic rings. The zero-order chi connectivity index (χ0) is 14.7. The molecule has 0 aliphatic carbocycles. The maximum absolute atomic E-state index is 4.64. The van der Waals surface area contributed by atoms with Gasteiger partial charge in [0.25, 0.3) is 0 Å². The first-order valence-corrected chi connectivity index (χ1v) is 7.72. The van der Waals surface area contributed by atoms with Crippen molar-refractivity contribution in [3.8, 4) is 0 Å². The number of hydrogen-bond acceptors (Lipinski definition) is 4. The molecule has 1 aromatic carbocycles. The van der Waals surface area contributed by atoms with Crippen molar-refractivity contribution in [1.29, 1.82) is 0 Å². The zero-order valence-corrected chi connectivity index (χ0v) is 13.7. The molecule has 108 valence electrons. The Kier molecular flexibility index (Phi) is 4.78. The van der Waals surface area contributed by atoms with Crippen LogP contribution in [-0.4, -0.2) is 24.0 Å². The Hall–Kier alpha value is -1.39. The number of thiazole rings is 1. The second kappa shape index (κ2) is 6.37. The first-order valence-electron chi connectivity index (χ1n) is 6.90. The average Bonchev–Trinajstić information content (AvgIpc) is 2.70. The Morgan fingerprint density at radius 2 is 1.95 bits per heavy atom. The van der Waals surface area contributed by atoms with E-state index in [0.717, 1.165) is 17.2 Å². The van der Waals surface area contributed by atoms with Gasteiger partial charge in [-0.25, -0.2) is 4.98 Å². The van der Waals surface area contributed by atoms with Crippen LogP contribution in [0.2, 0.25) is 0 Å². The summed E-state index contributed by atoms with van der Waals surface area (Å²) in [7, 11) is 4.18. The first-order chi connectivity index (χ1) is 9.47. The van der Waals surface area contributed by atoms with Crippen molar-refractivity contribution in [2.24, 2.45) is 0 Å². The number of anilines is 1. The van der Waals surface area contributed by atoms with E-state index in [2.05, 4.69) is 74.3 Å². The predicted molar refractivity (Wildman–Crippen MR) is 87.5 cm³/mol. The third-order valence-corrected chi connectivity index (χ3v) is 4.13. The second-order valence-electron chi connectivity index (χ2n) is 5.44. The summed E-state index contributed by atoms with van der Waals surface area (Å²) < 4.78 is 0. The lowest BCUT2D eigenvalue weighted by Crippen LogP contribution is -2.14. The number of rotatable bonds is 5. The smallest absolute Gasteiger partial charge is 0.0901 e. The molecule has 0 bridgehead atoms. The van der Waals surface area contributed by atoms with E-state index in [4.69, 9.17) is 0 Å². The predicted octanol–water partition coefficient (Wildman–Crippen LogP) is 3.99. The molecule has 4 heteroatoms. The quantitative estimate of drug-likeness (QED) is 0.902. The van der Waals surface area contributed by atoms with Crippen LogP contribution in [0, 0.1) is 13.8 Å². The van der Waals surface area contributed by atoms with Crippen LogP contribution < -0.4 is 5.32 Å². The maximum Gasteiger partial charge on any atom is 0.0901 e. The zero-order valence-electron chi connectivity index (χ0n) is 12.9. The first kappa shape index (κ1) is 15.0. The molecule has 1 atom stereocenters. The van der Waals surface area contributed by atoms with E-state index < -0.39 is 0 Å². The summed E-state index contributed by atoms with van der Waals surface area (Å²) in [6, 6.07) is 8.71.